The van der Waals surface area contributed by atoms with E-state index < -0.39 is 0 Å². The van der Waals surface area contributed by atoms with Crippen molar-refractivity contribution in [3.63, 3.8) is 0 Å². The molecule has 0 saturated carbocycles. The molecular formula is C22H39N3O2. The fraction of sp³-hybridized carbons (Fsp3) is 0.773. The van der Waals surface area contributed by atoms with Gasteiger partial charge in [0.25, 0.3) is 0 Å². The minimum Gasteiger partial charge on any atom is -0.494 e. The molecule has 27 heavy (non-hydrogen) atoms. The van der Waals surface area contributed by atoms with Gasteiger partial charge in [0.2, 0.25) is 5.91 Å². The molecule has 0 aromatic rings. The molecule has 5 nitrogen and oxygen atoms in total. The average Bonchev–Trinajstić information content (AvgIpc) is 2.57. The summed E-state index contributed by atoms with van der Waals surface area (Å²) in [5.41, 5.74) is 0. The molecule has 0 aromatic heterocycles. The molecule has 1 aliphatic carbocycles. The Labute approximate surface area is 165 Å². The lowest BCUT2D eigenvalue weighted by Crippen LogP contribution is -2.53. The maximum Gasteiger partial charge on any atom is 0.222 e. The summed E-state index contributed by atoms with van der Waals surface area (Å²) in [6.45, 7) is 12.2. The number of nitrogens with zero attached hydrogens (tertiary/aromatic N) is 2. The molecule has 154 valence electrons. The number of unbranched alkanes of at least 4 members (excludes halogenated alkanes) is 1. The number of carbonyl (C=O) groups excluding carboxylic acids is 1. The first kappa shape index (κ1) is 22.0. The largest absolute Gasteiger partial charge is 0.494 e. The number of rotatable bonds is 11. The number of carbonyl (C=O) groups is 1. The minimum absolute atomic E-state index is 0.0746. The predicted octanol–water partition coefficient (Wildman–Crippen LogP) is 2.75. The van der Waals surface area contributed by atoms with Gasteiger partial charge in [-0.25, -0.2) is 0 Å². The highest BCUT2D eigenvalue weighted by molar-refractivity contribution is 5.77. The lowest BCUT2D eigenvalue weighted by Gasteiger charge is -2.42. The average molecular weight is 378 g/mol. The van der Waals surface area contributed by atoms with Crippen molar-refractivity contribution in [2.24, 2.45) is 23.7 Å². The van der Waals surface area contributed by atoms with Crippen LogP contribution < -0.4 is 5.32 Å². The standard InChI is InChI=1S/C22H39N3O2/c1-17(2)22(26)23-13-19-14-25(15-19)16-20-8-9-21(12-18(20)3)27-11-7-6-10-24(4)5/h8-9,12,17-20H,6-7,10-11,13-16H2,1-5H3,(H,23,26). The van der Waals surface area contributed by atoms with Gasteiger partial charge in [0.05, 0.1) is 6.61 Å². The van der Waals surface area contributed by atoms with Crippen LogP contribution in [-0.2, 0) is 9.53 Å². The molecule has 1 aliphatic heterocycles. The van der Waals surface area contributed by atoms with Gasteiger partial charge in [0.15, 0.2) is 0 Å². The lowest BCUT2D eigenvalue weighted by atomic mass is 9.87. The summed E-state index contributed by atoms with van der Waals surface area (Å²) < 4.78 is 5.92. The Hall–Kier alpha value is -1.33. The smallest absolute Gasteiger partial charge is 0.222 e. The number of likely N-dealkylation sites (tertiary alicyclic amines) is 1. The van der Waals surface area contributed by atoms with Crippen molar-refractivity contribution in [3.8, 4) is 0 Å². The number of nitrogens with one attached hydrogen (secondary N) is 1. The third-order valence-corrected chi connectivity index (χ3v) is 5.47. The van der Waals surface area contributed by atoms with Crippen LogP contribution in [0.3, 0.4) is 0 Å². The first-order chi connectivity index (χ1) is 12.8. The van der Waals surface area contributed by atoms with Gasteiger partial charge in [-0.3, -0.25) is 4.79 Å². The molecule has 0 spiro atoms. The number of ether oxygens (including phenoxy) is 1. The van der Waals surface area contributed by atoms with Crippen molar-refractivity contribution in [1.29, 1.82) is 0 Å². The van der Waals surface area contributed by atoms with Crippen LogP contribution in [0.1, 0.15) is 33.6 Å². The van der Waals surface area contributed by atoms with E-state index in [-0.39, 0.29) is 11.8 Å². The normalized spacial score (nSPS) is 23.4. The number of allylic oxidation sites excluding steroid dienone is 2. The number of hydrogen-bond acceptors (Lipinski definition) is 4. The van der Waals surface area contributed by atoms with Crippen molar-refractivity contribution in [3.05, 3.63) is 24.0 Å². The minimum atomic E-state index is 0.0746. The van der Waals surface area contributed by atoms with Crippen LogP contribution in [0.15, 0.2) is 24.0 Å². The maximum absolute atomic E-state index is 11.6. The second-order valence-corrected chi connectivity index (χ2v) is 8.79. The molecular weight excluding hydrogens is 338 g/mol. The monoisotopic (exact) mass is 377 g/mol. The summed E-state index contributed by atoms with van der Waals surface area (Å²) in [6.07, 6.45) is 9.01. The zero-order valence-electron chi connectivity index (χ0n) is 17.9. The molecule has 0 bridgehead atoms. The van der Waals surface area contributed by atoms with Gasteiger partial charge >= 0.3 is 0 Å². The fourth-order valence-corrected chi connectivity index (χ4v) is 3.58. The third kappa shape index (κ3) is 7.67. The van der Waals surface area contributed by atoms with Crippen molar-refractivity contribution in [2.45, 2.75) is 33.6 Å². The molecule has 1 heterocycles. The summed E-state index contributed by atoms with van der Waals surface area (Å²) in [4.78, 5) is 16.4. The number of amides is 1. The molecule has 2 aliphatic rings. The van der Waals surface area contributed by atoms with E-state index in [1.807, 2.05) is 13.8 Å². The Morgan fingerprint density at radius 1 is 1.33 bits per heavy atom. The predicted molar refractivity (Wildman–Crippen MR) is 111 cm³/mol. The van der Waals surface area contributed by atoms with E-state index in [0.29, 0.717) is 17.8 Å². The van der Waals surface area contributed by atoms with Crippen LogP contribution in [-0.4, -0.2) is 69.1 Å². The van der Waals surface area contributed by atoms with Crippen molar-refractivity contribution in [2.75, 3.05) is 53.4 Å². The highest BCUT2D eigenvalue weighted by atomic mass is 16.5. The van der Waals surface area contributed by atoms with Gasteiger partial charge in [0, 0.05) is 38.0 Å². The number of hydrogen-bond donors (Lipinski definition) is 1. The van der Waals surface area contributed by atoms with Crippen LogP contribution in [0.5, 0.6) is 0 Å². The Morgan fingerprint density at radius 2 is 2.07 bits per heavy atom. The van der Waals surface area contributed by atoms with E-state index in [2.05, 4.69) is 54.4 Å². The van der Waals surface area contributed by atoms with Gasteiger partial charge in [-0.15, -0.1) is 0 Å². The second-order valence-electron chi connectivity index (χ2n) is 8.79. The zero-order valence-corrected chi connectivity index (χ0v) is 17.9. The maximum atomic E-state index is 11.6. The van der Waals surface area contributed by atoms with Crippen LogP contribution in [0.25, 0.3) is 0 Å². The SMILES string of the molecule is CC(C)C(=O)NCC1CN(CC2C=CC(OCCCCN(C)C)=CC2C)C1. The molecule has 1 saturated heterocycles. The summed E-state index contributed by atoms with van der Waals surface area (Å²) in [5.74, 6) is 2.93. The van der Waals surface area contributed by atoms with Crippen molar-refractivity contribution < 1.29 is 9.53 Å². The van der Waals surface area contributed by atoms with Crippen LogP contribution in [0.4, 0.5) is 0 Å². The molecule has 0 aromatic carbocycles. The van der Waals surface area contributed by atoms with Crippen LogP contribution in [0.2, 0.25) is 0 Å². The molecule has 0 radical (unpaired) electrons. The highest BCUT2D eigenvalue weighted by Crippen LogP contribution is 2.27. The van der Waals surface area contributed by atoms with Gasteiger partial charge in [-0.05, 0) is 57.5 Å². The summed E-state index contributed by atoms with van der Waals surface area (Å²) >= 11 is 0. The highest BCUT2D eigenvalue weighted by Gasteiger charge is 2.30. The Kier molecular flexibility index (Phi) is 8.84. The van der Waals surface area contributed by atoms with Gasteiger partial charge in [-0.1, -0.05) is 26.8 Å². The molecule has 2 unspecified atom stereocenters. The zero-order chi connectivity index (χ0) is 19.8. The van der Waals surface area contributed by atoms with E-state index >= 15 is 0 Å². The molecule has 1 N–H and O–H groups in total. The Bertz CT molecular complexity index is 522. The third-order valence-electron chi connectivity index (χ3n) is 5.47. The van der Waals surface area contributed by atoms with E-state index in [1.54, 1.807) is 0 Å². The summed E-state index contributed by atoms with van der Waals surface area (Å²) in [6, 6.07) is 0. The van der Waals surface area contributed by atoms with Gasteiger partial charge < -0.3 is 19.9 Å². The van der Waals surface area contributed by atoms with E-state index in [9.17, 15) is 4.79 Å². The van der Waals surface area contributed by atoms with E-state index in [4.69, 9.17) is 4.74 Å². The molecule has 2 rings (SSSR count). The quantitative estimate of drug-likeness (QED) is 0.563. The molecule has 1 fully saturated rings. The van der Waals surface area contributed by atoms with E-state index in [1.165, 1.54) is 6.42 Å². The van der Waals surface area contributed by atoms with Crippen molar-refractivity contribution in [1.82, 2.24) is 15.1 Å². The first-order valence-electron chi connectivity index (χ1n) is 10.5. The summed E-state index contributed by atoms with van der Waals surface area (Å²) in [7, 11) is 4.22. The molecule has 5 heteroatoms. The fourth-order valence-electron chi connectivity index (χ4n) is 3.58. The Morgan fingerprint density at radius 3 is 2.70 bits per heavy atom. The van der Waals surface area contributed by atoms with E-state index in [0.717, 1.165) is 51.5 Å². The topological polar surface area (TPSA) is 44.8 Å². The first-order valence-corrected chi connectivity index (χ1v) is 10.5. The van der Waals surface area contributed by atoms with Gasteiger partial charge in [0.1, 0.15) is 5.76 Å². The lowest BCUT2D eigenvalue weighted by molar-refractivity contribution is -0.124. The Balaban J connectivity index is 1.60. The summed E-state index contributed by atoms with van der Waals surface area (Å²) in [5, 5.41) is 3.05. The van der Waals surface area contributed by atoms with Crippen molar-refractivity contribution >= 4 is 5.91 Å². The van der Waals surface area contributed by atoms with Crippen LogP contribution in [0, 0.1) is 23.7 Å². The second kappa shape index (κ2) is 10.9. The molecule has 2 atom stereocenters. The van der Waals surface area contributed by atoms with Crippen LogP contribution >= 0.6 is 0 Å². The molecule has 1 amide bonds. The van der Waals surface area contributed by atoms with Gasteiger partial charge in [-0.2, -0.15) is 0 Å².